The Morgan fingerprint density at radius 3 is 1.36 bits per heavy atom. The minimum Gasteiger partial charge on any atom is -0.393 e. The molecule has 0 aliphatic carbocycles. The molecule has 0 aromatic carbocycles. The third kappa shape index (κ3) is 34.5. The number of hydrogen-bond acceptors (Lipinski definition) is 18. The van der Waals surface area contributed by atoms with Crippen molar-refractivity contribution in [2.75, 3.05) is 13.1 Å². The highest BCUT2D eigenvalue weighted by atomic mass is 16.3. The molecule has 13 amide bonds. The van der Waals surface area contributed by atoms with Gasteiger partial charge in [0.15, 0.2) is 0 Å². The van der Waals surface area contributed by atoms with E-state index >= 15 is 0 Å². The van der Waals surface area contributed by atoms with Crippen LogP contribution in [0, 0.1) is 0 Å². The summed E-state index contributed by atoms with van der Waals surface area (Å²) in [7, 11) is 0. The van der Waals surface area contributed by atoms with Crippen molar-refractivity contribution in [3.63, 3.8) is 0 Å². The van der Waals surface area contributed by atoms with Gasteiger partial charge in [0.05, 0.1) is 43.8 Å². The fourth-order valence-electron chi connectivity index (χ4n) is 9.53. The van der Waals surface area contributed by atoms with E-state index in [9.17, 15) is 87.9 Å². The molecule has 0 spiro atoms. The van der Waals surface area contributed by atoms with Gasteiger partial charge in [0.25, 0.3) is 0 Å². The molecular formula is C58H103N13O18. The maximum Gasteiger partial charge on any atom is 0.246 e. The summed E-state index contributed by atoms with van der Waals surface area (Å²) in [5.41, 5.74) is 16.1. The molecule has 1 heterocycles. The smallest absolute Gasteiger partial charge is 0.246 e. The third-order valence-electron chi connectivity index (χ3n) is 14.9. The van der Waals surface area contributed by atoms with Crippen molar-refractivity contribution < 1.29 is 87.9 Å². The van der Waals surface area contributed by atoms with Crippen molar-refractivity contribution in [3.8, 4) is 0 Å². The van der Waals surface area contributed by atoms with Gasteiger partial charge >= 0.3 is 0 Å². The summed E-state index contributed by atoms with van der Waals surface area (Å²) in [5.74, 6) is -14.9. The topological polar surface area (TPSA) is 521 Å². The lowest BCUT2D eigenvalue weighted by atomic mass is 10.0. The Bertz CT molecular complexity index is 2300. The Morgan fingerprint density at radius 1 is 0.438 bits per heavy atom. The molecule has 1 rings (SSSR count). The van der Waals surface area contributed by atoms with Crippen molar-refractivity contribution in [2.24, 2.45) is 17.2 Å². The zero-order chi connectivity index (χ0) is 67.2. The van der Waals surface area contributed by atoms with Gasteiger partial charge in [-0.2, -0.15) is 0 Å². The van der Waals surface area contributed by atoms with Gasteiger partial charge in [0, 0.05) is 19.4 Å². The molecular weight excluding hydrogens is 1170 g/mol. The fraction of sp³-hybridized carbons (Fsp3) is 0.776. The van der Waals surface area contributed by atoms with Crippen molar-refractivity contribution >= 4 is 76.8 Å². The molecule has 508 valence electrons. The Hall–Kier alpha value is -7.09. The molecule has 0 aromatic rings. The second-order valence-corrected chi connectivity index (χ2v) is 23.0. The molecule has 0 radical (unpaired) electrons. The number of carbonyl (C=O) groups is 13. The number of amides is 13. The van der Waals surface area contributed by atoms with Gasteiger partial charge in [-0.05, 0) is 59.3 Å². The first kappa shape index (κ1) is 79.9. The highest BCUT2D eigenvalue weighted by Gasteiger charge is 2.38. The minimum absolute atomic E-state index is 0.0173. The zero-order valence-corrected chi connectivity index (χ0v) is 52.4. The van der Waals surface area contributed by atoms with E-state index in [1.54, 1.807) is 0 Å². The van der Waals surface area contributed by atoms with Crippen LogP contribution in [0.5, 0.6) is 0 Å². The number of aliphatic hydroxyl groups is 5. The number of unbranched alkanes of at least 4 members (excludes halogenated alkanes) is 12. The van der Waals surface area contributed by atoms with Crippen LogP contribution in [0.3, 0.4) is 0 Å². The second-order valence-electron chi connectivity index (χ2n) is 23.0. The van der Waals surface area contributed by atoms with Crippen LogP contribution in [0.15, 0.2) is 0 Å². The summed E-state index contributed by atoms with van der Waals surface area (Å²) in [4.78, 5) is 174. The lowest BCUT2D eigenvalue weighted by Crippen LogP contribution is -2.63. The van der Waals surface area contributed by atoms with E-state index < -0.39 is 188 Å². The Kier molecular flexibility index (Phi) is 39.8. The summed E-state index contributed by atoms with van der Waals surface area (Å²) in [6, 6.07) is -14.4. The van der Waals surface area contributed by atoms with Crippen molar-refractivity contribution in [1.82, 2.24) is 53.2 Å². The Morgan fingerprint density at radius 2 is 0.843 bits per heavy atom. The average Bonchev–Trinajstić information content (AvgIpc) is 2.06. The van der Waals surface area contributed by atoms with Gasteiger partial charge in [-0.3, -0.25) is 62.3 Å². The van der Waals surface area contributed by atoms with Crippen LogP contribution in [-0.4, -0.2) is 194 Å². The summed E-state index contributed by atoms with van der Waals surface area (Å²) in [6.07, 6.45) is 3.88. The molecule has 1 aliphatic heterocycles. The number of carbonyl (C=O) groups excluding carboxylic acids is 13. The number of nitrogens with one attached hydrogen (secondary N) is 10. The van der Waals surface area contributed by atoms with Gasteiger partial charge in [0.1, 0.15) is 54.4 Å². The first-order valence-electron chi connectivity index (χ1n) is 31.2. The van der Waals surface area contributed by atoms with Crippen molar-refractivity contribution in [2.45, 2.75) is 274 Å². The lowest BCUT2D eigenvalue weighted by Gasteiger charge is -2.29. The first-order valence-corrected chi connectivity index (χ1v) is 31.2. The van der Waals surface area contributed by atoms with Gasteiger partial charge in [-0.15, -0.1) is 0 Å². The van der Waals surface area contributed by atoms with Crippen LogP contribution >= 0.6 is 0 Å². The largest absolute Gasteiger partial charge is 0.393 e. The van der Waals surface area contributed by atoms with Gasteiger partial charge < -0.3 is 95.9 Å². The number of rotatable bonds is 32. The van der Waals surface area contributed by atoms with Crippen LogP contribution in [0.1, 0.15) is 195 Å². The summed E-state index contributed by atoms with van der Waals surface area (Å²) in [5, 5.41) is 76.4. The Balaban J connectivity index is 3.80. The maximum atomic E-state index is 14.1. The predicted molar refractivity (Wildman–Crippen MR) is 323 cm³/mol. The molecule has 89 heavy (non-hydrogen) atoms. The molecule has 31 nitrogen and oxygen atoms in total. The molecule has 0 unspecified atom stereocenters. The molecule has 1 saturated heterocycles. The molecule has 31 heteroatoms. The standard InChI is InChI=1S/C58H103N13O18/c1-6-8-10-11-12-14-19-23-37(75)25-26-39-52(83)63-32-47(80)62-28-27-46(79)65-38(24-20-16-13-15-18-22-36(74)21-17-9-7-2)53(84)68-42(31-45(60)78)55(86)69-41(30-44(59)77)54(85)64-33(3)51(82)67-40(29-43(76)50(61)81)56(87)70-49(35(5)73)58(89)71-48(34(4)72)57(88)66-39/h33-43,48-49,72-76H,6-32H2,1-5H3,(H2,59,77)(H2,60,78)(H2,61,81)(H,62,80)(H,63,83)(H,64,85)(H,65,79)(H,66,88)(H,67,82)(H,68,84)(H,69,86)(H,70,87)(H,71,89)/t33-,34-,35-,36+,37-,38-,39+,40+,41-,42+,43+,48+,49-/m0/s1. The van der Waals surface area contributed by atoms with Crippen LogP contribution in [0.4, 0.5) is 0 Å². The van der Waals surface area contributed by atoms with Crippen LogP contribution < -0.4 is 70.4 Å². The summed E-state index contributed by atoms with van der Waals surface area (Å²) < 4.78 is 0. The number of primary amides is 3. The molecule has 21 N–H and O–H groups in total. The van der Waals surface area contributed by atoms with E-state index in [4.69, 9.17) is 17.2 Å². The van der Waals surface area contributed by atoms with Gasteiger partial charge in [-0.25, -0.2) is 0 Å². The van der Waals surface area contributed by atoms with Gasteiger partial charge in [-0.1, -0.05) is 110 Å². The van der Waals surface area contributed by atoms with Gasteiger partial charge in [0.2, 0.25) is 76.8 Å². The van der Waals surface area contributed by atoms with E-state index in [0.29, 0.717) is 44.9 Å². The molecule has 0 bridgehead atoms. The lowest BCUT2D eigenvalue weighted by molar-refractivity contribution is -0.139. The molecule has 13 atom stereocenters. The minimum atomic E-state index is -2.15. The fourth-order valence-corrected chi connectivity index (χ4v) is 9.53. The average molecular weight is 1270 g/mol. The van der Waals surface area contributed by atoms with E-state index in [1.165, 1.54) is 0 Å². The molecule has 1 aliphatic rings. The molecule has 1 fully saturated rings. The molecule has 0 aromatic heterocycles. The van der Waals surface area contributed by atoms with E-state index in [2.05, 4.69) is 67.0 Å². The number of aliphatic hydroxyl groups excluding tert-OH is 5. The summed E-state index contributed by atoms with van der Waals surface area (Å²) >= 11 is 0. The molecule has 0 saturated carbocycles. The highest BCUT2D eigenvalue weighted by Crippen LogP contribution is 2.16. The highest BCUT2D eigenvalue weighted by molar-refractivity contribution is 6.00. The quantitative estimate of drug-likeness (QED) is 0.0288. The van der Waals surface area contributed by atoms with Crippen molar-refractivity contribution in [3.05, 3.63) is 0 Å². The number of hydrogen-bond donors (Lipinski definition) is 18. The van der Waals surface area contributed by atoms with Crippen molar-refractivity contribution in [1.29, 1.82) is 0 Å². The normalized spacial score (nSPS) is 23.9. The van der Waals surface area contributed by atoms with Crippen LogP contribution in [0.25, 0.3) is 0 Å². The third-order valence-corrected chi connectivity index (χ3v) is 14.9. The van der Waals surface area contributed by atoms with Crippen LogP contribution in [0.2, 0.25) is 0 Å². The first-order chi connectivity index (χ1) is 42.0. The van der Waals surface area contributed by atoms with E-state index in [0.717, 1.165) is 91.4 Å². The summed E-state index contributed by atoms with van der Waals surface area (Å²) in [6.45, 7) is 6.28. The van der Waals surface area contributed by atoms with E-state index in [-0.39, 0.29) is 25.8 Å². The maximum absolute atomic E-state index is 14.1. The van der Waals surface area contributed by atoms with E-state index in [1.807, 2.05) is 0 Å². The monoisotopic (exact) mass is 1270 g/mol. The van der Waals surface area contributed by atoms with Crippen LogP contribution in [-0.2, 0) is 62.3 Å². The predicted octanol–water partition coefficient (Wildman–Crippen LogP) is -3.78. The Labute approximate surface area is 520 Å². The number of nitrogens with two attached hydrogens (primary N) is 3. The zero-order valence-electron chi connectivity index (χ0n) is 52.4. The second kappa shape index (κ2) is 44.4. The SMILES string of the molecule is CCCCCCCCC[C@H](O)CC[C@H]1NC(=O)[C@@H]([C@H](C)O)NC(=O)[C@H]([C@H](C)O)NC(=O)[C@@H](C[C@@H](O)C(N)=O)NC(=O)[C@H](C)NC(=O)[C@H](CC(N)=O)NC(=O)[C@@H](CC(N)=O)NC(=O)[C@H](CCCCCCC[C@H](O)CCCCC)NC(=O)CCNC(=O)CNC1=O.